The summed E-state index contributed by atoms with van der Waals surface area (Å²) in [6.07, 6.45) is -4.66. The molecule has 0 saturated heterocycles. The van der Waals surface area contributed by atoms with E-state index in [1.54, 1.807) is 13.8 Å². The van der Waals surface area contributed by atoms with Crippen LogP contribution in [-0.4, -0.2) is 30.0 Å². The molecule has 0 aliphatic heterocycles. The maximum absolute atomic E-state index is 12.0. The fraction of sp³-hybridized carbons (Fsp3) is 0.714. The number of nitriles is 1. The molecular weight excluding hydrogens is 183 g/mol. The Morgan fingerprint density at radius 1 is 1.38 bits per heavy atom. The summed E-state index contributed by atoms with van der Waals surface area (Å²) in [5.41, 5.74) is -1.41. The number of hydrogen-bond donors (Lipinski definition) is 0. The molecule has 0 fully saturated rings. The Morgan fingerprint density at radius 3 is 2.08 bits per heavy atom. The molecular formula is C7H10F3N3. The molecule has 0 saturated carbocycles. The van der Waals surface area contributed by atoms with Gasteiger partial charge in [0.25, 0.3) is 0 Å². The van der Waals surface area contributed by atoms with Gasteiger partial charge in [-0.2, -0.15) is 23.5 Å². The molecule has 0 N–H and O–H groups in total. The van der Waals surface area contributed by atoms with E-state index in [-0.39, 0.29) is 0 Å². The maximum Gasteiger partial charge on any atom is 0.445 e. The van der Waals surface area contributed by atoms with Crippen molar-refractivity contribution in [1.29, 1.82) is 5.26 Å². The van der Waals surface area contributed by atoms with Crippen LogP contribution < -0.4 is 0 Å². The van der Waals surface area contributed by atoms with Gasteiger partial charge in [-0.25, -0.2) is 0 Å². The first-order valence-corrected chi connectivity index (χ1v) is 3.76. The molecule has 0 aliphatic rings. The fourth-order valence-electron chi connectivity index (χ4n) is 0.649. The van der Waals surface area contributed by atoms with Crippen LogP contribution in [0.1, 0.15) is 13.8 Å². The lowest BCUT2D eigenvalue weighted by molar-refractivity contribution is -0.0586. The summed E-state index contributed by atoms with van der Waals surface area (Å²) >= 11 is 0. The summed E-state index contributed by atoms with van der Waals surface area (Å²) in [6, 6.07) is 1.02. The molecule has 74 valence electrons. The van der Waals surface area contributed by atoms with Crippen molar-refractivity contribution in [1.82, 2.24) is 5.01 Å². The third kappa shape index (κ3) is 3.78. The van der Waals surface area contributed by atoms with E-state index in [0.29, 0.717) is 13.1 Å². The molecule has 0 atom stereocenters. The first kappa shape index (κ1) is 11.8. The Balaban J connectivity index is 4.68. The van der Waals surface area contributed by atoms with Crippen LogP contribution in [0.3, 0.4) is 0 Å². The van der Waals surface area contributed by atoms with Crippen LogP contribution in [0, 0.1) is 11.3 Å². The normalized spacial score (nSPS) is 12.5. The summed E-state index contributed by atoms with van der Waals surface area (Å²) in [7, 11) is 0. The molecule has 0 aromatic carbocycles. The lowest BCUT2D eigenvalue weighted by atomic mass is 10.4. The standard InChI is InChI=1S/C7H10F3N3/c1-3-13(4-2)12-6(5-11)7(8,9)10/h3-4H2,1-2H3. The quantitative estimate of drug-likeness (QED) is 0.506. The van der Waals surface area contributed by atoms with E-state index in [1.807, 2.05) is 0 Å². The van der Waals surface area contributed by atoms with Gasteiger partial charge in [0.1, 0.15) is 6.07 Å². The van der Waals surface area contributed by atoms with Gasteiger partial charge in [-0.1, -0.05) is 0 Å². The van der Waals surface area contributed by atoms with Crippen LogP contribution in [0.2, 0.25) is 0 Å². The molecule has 3 nitrogen and oxygen atoms in total. The average molecular weight is 193 g/mol. The number of hydrogen-bond acceptors (Lipinski definition) is 3. The summed E-state index contributed by atoms with van der Waals surface area (Å²) in [5.74, 6) is 0. The van der Waals surface area contributed by atoms with E-state index in [2.05, 4.69) is 5.10 Å². The highest BCUT2D eigenvalue weighted by Gasteiger charge is 2.36. The van der Waals surface area contributed by atoms with Gasteiger partial charge in [-0.15, -0.1) is 0 Å². The Bertz CT molecular complexity index is 222. The number of halogens is 3. The Morgan fingerprint density at radius 2 is 1.85 bits per heavy atom. The molecule has 0 unspecified atom stereocenters. The largest absolute Gasteiger partial charge is 0.445 e. The van der Waals surface area contributed by atoms with E-state index in [9.17, 15) is 13.2 Å². The highest BCUT2D eigenvalue weighted by atomic mass is 19.4. The highest BCUT2D eigenvalue weighted by molar-refractivity contribution is 6.02. The van der Waals surface area contributed by atoms with Crippen LogP contribution in [0.4, 0.5) is 13.2 Å². The van der Waals surface area contributed by atoms with Gasteiger partial charge in [0, 0.05) is 13.1 Å². The van der Waals surface area contributed by atoms with Crippen molar-refractivity contribution < 1.29 is 13.2 Å². The van der Waals surface area contributed by atoms with Crippen molar-refractivity contribution in [3.05, 3.63) is 0 Å². The molecule has 0 aliphatic carbocycles. The van der Waals surface area contributed by atoms with Crippen molar-refractivity contribution in [3.8, 4) is 6.07 Å². The smallest absolute Gasteiger partial charge is 0.296 e. The maximum atomic E-state index is 12.0. The zero-order chi connectivity index (χ0) is 10.5. The van der Waals surface area contributed by atoms with Gasteiger partial charge >= 0.3 is 6.18 Å². The first-order valence-electron chi connectivity index (χ1n) is 3.76. The van der Waals surface area contributed by atoms with Crippen LogP contribution in [-0.2, 0) is 0 Å². The van der Waals surface area contributed by atoms with E-state index >= 15 is 0 Å². The number of rotatable bonds is 3. The SMILES string of the molecule is CCN(CC)N=C(C#N)C(F)(F)F. The number of hydrazone groups is 1. The molecule has 0 amide bonds. The monoisotopic (exact) mass is 193 g/mol. The van der Waals surface area contributed by atoms with E-state index in [1.165, 1.54) is 5.01 Å². The predicted octanol–water partition coefficient (Wildman–Crippen LogP) is 1.77. The van der Waals surface area contributed by atoms with Gasteiger partial charge < -0.3 is 0 Å². The number of alkyl halides is 3. The Hall–Kier alpha value is -1.25. The zero-order valence-electron chi connectivity index (χ0n) is 7.39. The summed E-state index contributed by atoms with van der Waals surface area (Å²) in [4.78, 5) is 0. The predicted molar refractivity (Wildman–Crippen MR) is 42.0 cm³/mol. The van der Waals surface area contributed by atoms with Crippen molar-refractivity contribution in [3.63, 3.8) is 0 Å². The molecule has 0 spiro atoms. The fourth-order valence-corrected chi connectivity index (χ4v) is 0.649. The van der Waals surface area contributed by atoms with Crippen molar-refractivity contribution in [2.75, 3.05) is 13.1 Å². The first-order chi connectivity index (χ1) is 5.95. The van der Waals surface area contributed by atoms with E-state index in [4.69, 9.17) is 5.26 Å². The third-order valence-electron chi connectivity index (χ3n) is 1.35. The van der Waals surface area contributed by atoms with Gasteiger partial charge in [-0.05, 0) is 13.8 Å². The summed E-state index contributed by atoms with van der Waals surface area (Å²) in [5, 5.41) is 12.5. The molecule has 0 aromatic heterocycles. The summed E-state index contributed by atoms with van der Waals surface area (Å²) < 4.78 is 35.9. The molecule has 0 rings (SSSR count). The van der Waals surface area contributed by atoms with Crippen molar-refractivity contribution in [2.45, 2.75) is 20.0 Å². The second-order valence-corrected chi connectivity index (χ2v) is 2.20. The van der Waals surface area contributed by atoms with Gasteiger partial charge in [0.15, 0.2) is 0 Å². The lowest BCUT2D eigenvalue weighted by Crippen LogP contribution is -2.27. The van der Waals surface area contributed by atoms with E-state index < -0.39 is 11.9 Å². The minimum Gasteiger partial charge on any atom is -0.296 e. The van der Waals surface area contributed by atoms with Gasteiger partial charge in [0.2, 0.25) is 5.71 Å². The van der Waals surface area contributed by atoms with Gasteiger partial charge in [-0.3, -0.25) is 5.01 Å². The molecule has 0 radical (unpaired) electrons. The Kier molecular flexibility index (Phi) is 4.25. The summed E-state index contributed by atoms with van der Waals surface area (Å²) in [6.45, 7) is 4.02. The van der Waals surface area contributed by atoms with Crippen molar-refractivity contribution >= 4 is 5.71 Å². The number of nitrogens with zero attached hydrogens (tertiary/aromatic N) is 3. The lowest BCUT2D eigenvalue weighted by Gasteiger charge is -2.15. The molecule has 0 heterocycles. The molecule has 0 bridgehead atoms. The highest BCUT2D eigenvalue weighted by Crippen LogP contribution is 2.17. The average Bonchev–Trinajstić information content (AvgIpc) is 2.04. The topological polar surface area (TPSA) is 39.4 Å². The molecule has 6 heteroatoms. The molecule has 13 heavy (non-hydrogen) atoms. The second-order valence-electron chi connectivity index (χ2n) is 2.20. The van der Waals surface area contributed by atoms with Crippen LogP contribution in [0.5, 0.6) is 0 Å². The van der Waals surface area contributed by atoms with Crippen molar-refractivity contribution in [2.24, 2.45) is 5.10 Å². The van der Waals surface area contributed by atoms with Crippen LogP contribution >= 0.6 is 0 Å². The third-order valence-corrected chi connectivity index (χ3v) is 1.35. The van der Waals surface area contributed by atoms with Crippen LogP contribution in [0.15, 0.2) is 5.10 Å². The zero-order valence-corrected chi connectivity index (χ0v) is 7.39. The van der Waals surface area contributed by atoms with Gasteiger partial charge in [0.05, 0.1) is 0 Å². The minimum atomic E-state index is -4.66. The Labute approximate surface area is 74.4 Å². The van der Waals surface area contributed by atoms with Crippen LogP contribution in [0.25, 0.3) is 0 Å². The minimum absolute atomic E-state index is 0.345. The second kappa shape index (κ2) is 4.70. The molecule has 0 aromatic rings. The van der Waals surface area contributed by atoms with E-state index in [0.717, 1.165) is 6.07 Å².